The van der Waals surface area contributed by atoms with Gasteiger partial charge < -0.3 is 10.1 Å². The topological polar surface area (TPSA) is 87.7 Å². The number of fused-ring (bicyclic) bond motifs is 1. The fraction of sp³-hybridized carbons (Fsp3) is 0.519. The second-order valence-corrected chi connectivity index (χ2v) is 11.7. The molecular formula is C27H34F3N3O4S. The average Bonchev–Trinajstić information content (AvgIpc) is 2.88. The number of nitrogens with one attached hydrogen (secondary N) is 2. The normalized spacial score (nSPS) is 19.4. The third kappa shape index (κ3) is 7.27. The number of likely N-dealkylation sites (tertiary alicyclic amines) is 1. The van der Waals surface area contributed by atoms with Crippen molar-refractivity contribution in [3.63, 3.8) is 0 Å². The average molecular weight is 554 g/mol. The summed E-state index contributed by atoms with van der Waals surface area (Å²) >= 11 is 0. The maximum Gasteiger partial charge on any atom is 0.405 e. The molecular weight excluding hydrogens is 519 g/mol. The van der Waals surface area contributed by atoms with Crippen molar-refractivity contribution in [2.24, 2.45) is 0 Å². The van der Waals surface area contributed by atoms with Crippen LogP contribution in [0.3, 0.4) is 0 Å². The minimum Gasteiger partial charge on any atom is -0.497 e. The van der Waals surface area contributed by atoms with E-state index < -0.39 is 40.6 Å². The molecule has 0 aromatic heterocycles. The zero-order valence-corrected chi connectivity index (χ0v) is 22.2. The first kappa shape index (κ1) is 28.4. The summed E-state index contributed by atoms with van der Waals surface area (Å²) in [4.78, 5) is 14.8. The predicted octanol–water partition coefficient (Wildman–Crippen LogP) is 4.47. The van der Waals surface area contributed by atoms with Crippen LogP contribution in [0.2, 0.25) is 0 Å². The molecule has 1 saturated heterocycles. The monoisotopic (exact) mass is 553 g/mol. The number of aryl methyl sites for hydroxylation is 1. The van der Waals surface area contributed by atoms with Gasteiger partial charge in [-0.05, 0) is 74.0 Å². The molecule has 4 rings (SSSR count). The first-order valence-electron chi connectivity index (χ1n) is 12.9. The molecule has 1 fully saturated rings. The van der Waals surface area contributed by atoms with Crippen LogP contribution in [0.1, 0.15) is 61.3 Å². The Balaban J connectivity index is 1.43. The Morgan fingerprint density at radius 1 is 1.11 bits per heavy atom. The van der Waals surface area contributed by atoms with Crippen LogP contribution in [0, 0.1) is 0 Å². The highest BCUT2D eigenvalue weighted by atomic mass is 32.2. The molecule has 1 amide bonds. The van der Waals surface area contributed by atoms with Gasteiger partial charge in [-0.15, -0.1) is 0 Å². The molecule has 0 unspecified atom stereocenters. The van der Waals surface area contributed by atoms with Crippen LogP contribution < -0.4 is 14.8 Å². The van der Waals surface area contributed by atoms with Crippen LogP contribution in [0.15, 0.2) is 47.4 Å². The number of hydrogen-bond donors (Lipinski definition) is 2. The lowest BCUT2D eigenvalue weighted by Gasteiger charge is -2.30. The number of sulfonamides is 1. The van der Waals surface area contributed by atoms with Gasteiger partial charge in [0.05, 0.1) is 24.5 Å². The number of benzene rings is 2. The van der Waals surface area contributed by atoms with Crippen LogP contribution in [-0.2, 0) is 27.8 Å². The molecule has 38 heavy (non-hydrogen) atoms. The van der Waals surface area contributed by atoms with Crippen LogP contribution in [0.5, 0.6) is 5.75 Å². The molecule has 2 aliphatic rings. The first-order valence-corrected chi connectivity index (χ1v) is 14.4. The fourth-order valence-corrected chi connectivity index (χ4v) is 6.43. The van der Waals surface area contributed by atoms with Gasteiger partial charge in [0.25, 0.3) is 0 Å². The molecule has 0 radical (unpaired) electrons. The van der Waals surface area contributed by atoms with Crippen LogP contribution in [0.25, 0.3) is 0 Å². The third-order valence-electron chi connectivity index (χ3n) is 7.15. The number of alkyl halides is 3. The van der Waals surface area contributed by atoms with Gasteiger partial charge in [0, 0.05) is 12.6 Å². The van der Waals surface area contributed by atoms with Crippen LogP contribution in [-0.4, -0.2) is 51.6 Å². The Labute approximate surface area is 221 Å². The van der Waals surface area contributed by atoms with Crippen molar-refractivity contribution in [3.05, 3.63) is 59.2 Å². The number of hydrogen-bond acceptors (Lipinski definition) is 5. The summed E-state index contributed by atoms with van der Waals surface area (Å²) in [6.45, 7) is 3.03. The summed E-state index contributed by atoms with van der Waals surface area (Å²) in [6.07, 6.45) is -0.0997. The number of rotatable bonds is 9. The van der Waals surface area contributed by atoms with Crippen molar-refractivity contribution in [2.75, 3.05) is 20.2 Å². The molecule has 2 atom stereocenters. The van der Waals surface area contributed by atoms with E-state index in [2.05, 4.69) is 16.3 Å². The number of halogens is 3. The number of ether oxygens (including phenoxy) is 1. The summed E-state index contributed by atoms with van der Waals surface area (Å²) in [7, 11) is -3.23. The number of nitrogens with zero attached hydrogens (tertiary/aromatic N) is 1. The lowest BCUT2D eigenvalue weighted by molar-refractivity contribution is -0.158. The van der Waals surface area contributed by atoms with Crippen molar-refractivity contribution >= 4 is 15.9 Å². The Morgan fingerprint density at radius 2 is 1.87 bits per heavy atom. The molecule has 7 nitrogen and oxygen atoms in total. The Kier molecular flexibility index (Phi) is 9.00. The molecule has 0 bridgehead atoms. The summed E-state index contributed by atoms with van der Waals surface area (Å²) < 4.78 is 73.3. The summed E-state index contributed by atoms with van der Waals surface area (Å²) in [6, 6.07) is 8.26. The molecule has 0 spiro atoms. The zero-order chi connectivity index (χ0) is 27.3. The second kappa shape index (κ2) is 12.0. The highest BCUT2D eigenvalue weighted by molar-refractivity contribution is 7.89. The van der Waals surface area contributed by atoms with Gasteiger partial charge in [0.15, 0.2) is 0 Å². The maximum absolute atomic E-state index is 13.8. The molecule has 11 heteroatoms. The molecule has 1 aliphatic heterocycles. The largest absolute Gasteiger partial charge is 0.497 e. The number of carbonyl (C=O) groups is 1. The first-order chi connectivity index (χ1) is 18.0. The van der Waals surface area contributed by atoms with Gasteiger partial charge in [-0.25, -0.2) is 8.42 Å². The van der Waals surface area contributed by atoms with Crippen molar-refractivity contribution in [1.29, 1.82) is 0 Å². The lowest BCUT2D eigenvalue weighted by atomic mass is 9.86. The van der Waals surface area contributed by atoms with Gasteiger partial charge in [-0.2, -0.15) is 17.9 Å². The van der Waals surface area contributed by atoms with E-state index in [-0.39, 0.29) is 10.6 Å². The minimum atomic E-state index is -4.96. The van der Waals surface area contributed by atoms with E-state index in [1.807, 2.05) is 12.1 Å². The van der Waals surface area contributed by atoms with Gasteiger partial charge in [-0.3, -0.25) is 9.69 Å². The van der Waals surface area contributed by atoms with E-state index in [1.165, 1.54) is 44.1 Å². The molecule has 1 heterocycles. The summed E-state index contributed by atoms with van der Waals surface area (Å²) in [5, 5.41) is 2.72. The van der Waals surface area contributed by atoms with Crippen LogP contribution >= 0.6 is 0 Å². The Morgan fingerprint density at radius 3 is 2.58 bits per heavy atom. The molecule has 2 aromatic rings. The number of piperidine rings is 1. The fourth-order valence-electron chi connectivity index (χ4n) is 5.18. The van der Waals surface area contributed by atoms with Crippen LogP contribution in [0.4, 0.5) is 13.2 Å². The molecule has 208 valence electrons. The van der Waals surface area contributed by atoms with Crippen molar-refractivity contribution in [1.82, 2.24) is 14.9 Å². The smallest absolute Gasteiger partial charge is 0.405 e. The van der Waals surface area contributed by atoms with Gasteiger partial charge >= 0.3 is 6.18 Å². The lowest BCUT2D eigenvalue weighted by Crippen LogP contribution is -2.48. The molecule has 0 saturated carbocycles. The third-order valence-corrected chi connectivity index (χ3v) is 8.61. The number of methoxy groups -OCH3 is 1. The van der Waals surface area contributed by atoms with Crippen molar-refractivity contribution in [2.45, 2.75) is 74.6 Å². The maximum atomic E-state index is 13.8. The standard InChI is InChI=1S/C27H34F3N3O4S/c1-37-21-8-6-9-22(16-21)38(35,36)32-25(27(28,29)30)17-26(34)31-24-10-5-7-20-15-19(11-12-23(20)24)18-33-13-3-2-4-14-33/h6,8-9,11-12,15-16,24-25,32H,2-5,7,10,13-14,17-18H2,1H3,(H,31,34)/t24-,25-/m1/s1. The van der Waals surface area contributed by atoms with E-state index in [0.717, 1.165) is 55.7 Å². The van der Waals surface area contributed by atoms with Crippen molar-refractivity contribution < 1.29 is 31.1 Å². The van der Waals surface area contributed by atoms with E-state index in [0.29, 0.717) is 6.42 Å². The van der Waals surface area contributed by atoms with Crippen molar-refractivity contribution in [3.8, 4) is 5.75 Å². The van der Waals surface area contributed by atoms with E-state index in [4.69, 9.17) is 4.74 Å². The number of carbonyl (C=O) groups excluding carboxylic acids is 1. The van der Waals surface area contributed by atoms with E-state index in [1.54, 1.807) is 4.72 Å². The Hall–Kier alpha value is -2.63. The zero-order valence-electron chi connectivity index (χ0n) is 21.4. The highest BCUT2D eigenvalue weighted by Gasteiger charge is 2.44. The second-order valence-electron chi connectivity index (χ2n) is 9.98. The van der Waals surface area contributed by atoms with Gasteiger partial charge in [-0.1, -0.05) is 30.7 Å². The highest BCUT2D eigenvalue weighted by Crippen LogP contribution is 2.32. The van der Waals surface area contributed by atoms with E-state index in [9.17, 15) is 26.4 Å². The molecule has 2 N–H and O–H groups in total. The molecule has 1 aliphatic carbocycles. The molecule has 2 aromatic carbocycles. The minimum absolute atomic E-state index is 0.184. The SMILES string of the molecule is COc1cccc(S(=O)(=O)N[C@H](CC(=O)N[C@@H]2CCCc3cc(CN4CCCCC4)ccc32)C(F)(F)F)c1. The van der Waals surface area contributed by atoms with E-state index >= 15 is 0 Å². The summed E-state index contributed by atoms with van der Waals surface area (Å²) in [5.74, 6) is -0.680. The number of amides is 1. The van der Waals surface area contributed by atoms with Gasteiger partial charge in [0.1, 0.15) is 11.8 Å². The van der Waals surface area contributed by atoms with Gasteiger partial charge in [0.2, 0.25) is 15.9 Å². The Bertz CT molecular complexity index is 1230. The summed E-state index contributed by atoms with van der Waals surface area (Å²) in [5.41, 5.74) is 3.20. The predicted molar refractivity (Wildman–Crippen MR) is 137 cm³/mol. The quantitative estimate of drug-likeness (QED) is 0.479.